The first-order valence-corrected chi connectivity index (χ1v) is 5.00. The van der Waals surface area contributed by atoms with Gasteiger partial charge in [-0.3, -0.25) is 4.98 Å². The molecule has 0 fully saturated rings. The van der Waals surface area contributed by atoms with Gasteiger partial charge in [0.2, 0.25) is 0 Å². The van der Waals surface area contributed by atoms with E-state index in [9.17, 15) is 0 Å². The first-order chi connectivity index (χ1) is 7.25. The van der Waals surface area contributed by atoms with Crippen LogP contribution in [0.2, 0.25) is 0 Å². The Kier molecular flexibility index (Phi) is 2.83. The number of furan rings is 1. The topological polar surface area (TPSA) is 52.0 Å². The molecule has 2 heterocycles. The van der Waals surface area contributed by atoms with E-state index in [2.05, 4.69) is 4.98 Å². The van der Waals surface area contributed by atoms with Crippen LogP contribution in [0.1, 0.15) is 12.7 Å². The van der Waals surface area contributed by atoms with Crippen LogP contribution in [0, 0.1) is 0 Å². The van der Waals surface area contributed by atoms with E-state index in [4.69, 9.17) is 10.2 Å². The van der Waals surface area contributed by atoms with Gasteiger partial charge in [0.25, 0.3) is 0 Å². The van der Waals surface area contributed by atoms with Crippen LogP contribution in [0.4, 0.5) is 0 Å². The Bertz CT molecular complexity index is 420. The second kappa shape index (κ2) is 4.28. The monoisotopic (exact) mass is 202 g/mol. The van der Waals surface area contributed by atoms with Gasteiger partial charge in [-0.25, -0.2) is 0 Å². The van der Waals surface area contributed by atoms with Gasteiger partial charge in [0.05, 0.1) is 0 Å². The molecular weight excluding hydrogens is 188 g/mol. The third-order valence-corrected chi connectivity index (χ3v) is 2.13. The van der Waals surface area contributed by atoms with Crippen molar-refractivity contribution in [3.63, 3.8) is 0 Å². The molecule has 2 aromatic heterocycles. The Morgan fingerprint density at radius 1 is 1.40 bits per heavy atom. The Hall–Kier alpha value is -1.61. The standard InChI is InChI=1S/C12H14N2O/c1-9(13)7-11-4-5-12(15-11)10-3-2-6-14-8-10/h2-6,8-9H,7,13H2,1H3. The summed E-state index contributed by atoms with van der Waals surface area (Å²) in [4.78, 5) is 4.05. The fourth-order valence-corrected chi connectivity index (χ4v) is 1.47. The van der Waals surface area contributed by atoms with E-state index in [1.807, 2.05) is 31.2 Å². The van der Waals surface area contributed by atoms with Crippen molar-refractivity contribution in [2.75, 3.05) is 0 Å². The van der Waals surface area contributed by atoms with Crippen molar-refractivity contribution in [1.82, 2.24) is 4.98 Å². The summed E-state index contributed by atoms with van der Waals surface area (Å²) in [6.07, 6.45) is 4.30. The zero-order valence-corrected chi connectivity index (χ0v) is 8.68. The van der Waals surface area contributed by atoms with E-state index in [1.165, 1.54) is 0 Å². The first-order valence-electron chi connectivity index (χ1n) is 5.00. The minimum atomic E-state index is 0.123. The SMILES string of the molecule is CC(N)Cc1ccc(-c2cccnc2)o1. The number of pyridine rings is 1. The van der Waals surface area contributed by atoms with E-state index < -0.39 is 0 Å². The van der Waals surface area contributed by atoms with Crippen molar-refractivity contribution in [3.8, 4) is 11.3 Å². The second-order valence-corrected chi connectivity index (χ2v) is 3.69. The van der Waals surface area contributed by atoms with Gasteiger partial charge in [-0.2, -0.15) is 0 Å². The molecule has 1 unspecified atom stereocenters. The lowest BCUT2D eigenvalue weighted by atomic mass is 10.2. The highest BCUT2D eigenvalue weighted by molar-refractivity contribution is 5.55. The Morgan fingerprint density at radius 2 is 2.27 bits per heavy atom. The van der Waals surface area contributed by atoms with Gasteiger partial charge >= 0.3 is 0 Å². The summed E-state index contributed by atoms with van der Waals surface area (Å²) in [5.74, 6) is 1.77. The smallest absolute Gasteiger partial charge is 0.135 e. The van der Waals surface area contributed by atoms with E-state index in [-0.39, 0.29) is 6.04 Å². The molecule has 0 aliphatic carbocycles. The quantitative estimate of drug-likeness (QED) is 0.830. The molecule has 0 aromatic carbocycles. The average Bonchev–Trinajstić information content (AvgIpc) is 2.67. The van der Waals surface area contributed by atoms with Gasteiger partial charge in [0.1, 0.15) is 11.5 Å². The Balaban J connectivity index is 2.21. The molecular formula is C12H14N2O. The van der Waals surface area contributed by atoms with Gasteiger partial charge in [0, 0.05) is 30.4 Å². The highest BCUT2D eigenvalue weighted by atomic mass is 16.3. The molecule has 3 nitrogen and oxygen atoms in total. The van der Waals surface area contributed by atoms with E-state index in [0.29, 0.717) is 0 Å². The number of rotatable bonds is 3. The summed E-state index contributed by atoms with van der Waals surface area (Å²) in [7, 11) is 0. The Labute approximate surface area is 88.9 Å². The maximum absolute atomic E-state index is 5.70. The highest BCUT2D eigenvalue weighted by Gasteiger charge is 2.05. The molecule has 0 aliphatic heterocycles. The molecule has 0 radical (unpaired) electrons. The van der Waals surface area contributed by atoms with Crippen molar-refractivity contribution < 1.29 is 4.42 Å². The normalized spacial score (nSPS) is 12.7. The number of aromatic nitrogens is 1. The minimum Gasteiger partial charge on any atom is -0.461 e. The summed E-state index contributed by atoms with van der Waals surface area (Å²) in [6.45, 7) is 1.96. The molecule has 0 saturated heterocycles. The predicted octanol–water partition coefficient (Wildman–Crippen LogP) is 2.23. The predicted molar refractivity (Wildman–Crippen MR) is 59.3 cm³/mol. The second-order valence-electron chi connectivity index (χ2n) is 3.69. The van der Waals surface area contributed by atoms with Gasteiger partial charge in [0.15, 0.2) is 0 Å². The maximum Gasteiger partial charge on any atom is 0.135 e. The van der Waals surface area contributed by atoms with E-state index >= 15 is 0 Å². The van der Waals surface area contributed by atoms with Crippen LogP contribution in [0.5, 0.6) is 0 Å². The summed E-state index contributed by atoms with van der Waals surface area (Å²) in [5.41, 5.74) is 6.69. The van der Waals surface area contributed by atoms with Crippen LogP contribution in [-0.4, -0.2) is 11.0 Å². The summed E-state index contributed by atoms with van der Waals surface area (Å²) < 4.78 is 5.66. The molecule has 3 heteroatoms. The lowest BCUT2D eigenvalue weighted by Crippen LogP contribution is -2.17. The van der Waals surface area contributed by atoms with E-state index in [0.717, 1.165) is 23.5 Å². The van der Waals surface area contributed by atoms with Gasteiger partial charge in [-0.05, 0) is 31.2 Å². The molecule has 78 valence electrons. The first kappa shape index (κ1) is 9.93. The van der Waals surface area contributed by atoms with Gasteiger partial charge in [-0.15, -0.1) is 0 Å². The van der Waals surface area contributed by atoms with Crippen molar-refractivity contribution in [2.24, 2.45) is 5.73 Å². The summed E-state index contributed by atoms with van der Waals surface area (Å²) >= 11 is 0. The molecule has 0 amide bonds. The zero-order chi connectivity index (χ0) is 10.7. The number of nitrogens with zero attached hydrogens (tertiary/aromatic N) is 1. The van der Waals surface area contributed by atoms with Crippen LogP contribution in [-0.2, 0) is 6.42 Å². The lowest BCUT2D eigenvalue weighted by Gasteiger charge is -2.00. The number of nitrogens with two attached hydrogens (primary N) is 1. The Morgan fingerprint density at radius 3 is 2.93 bits per heavy atom. The average molecular weight is 202 g/mol. The van der Waals surface area contributed by atoms with Gasteiger partial charge in [-0.1, -0.05) is 0 Å². The summed E-state index contributed by atoms with van der Waals surface area (Å²) in [6, 6.07) is 7.91. The molecule has 0 spiro atoms. The molecule has 0 bridgehead atoms. The number of hydrogen-bond acceptors (Lipinski definition) is 3. The fraction of sp³-hybridized carbons (Fsp3) is 0.250. The summed E-state index contributed by atoms with van der Waals surface area (Å²) in [5, 5.41) is 0. The molecule has 2 rings (SSSR count). The van der Waals surface area contributed by atoms with Crippen LogP contribution < -0.4 is 5.73 Å². The van der Waals surface area contributed by atoms with Crippen molar-refractivity contribution in [1.29, 1.82) is 0 Å². The van der Waals surface area contributed by atoms with E-state index in [1.54, 1.807) is 12.4 Å². The van der Waals surface area contributed by atoms with Crippen molar-refractivity contribution in [3.05, 3.63) is 42.4 Å². The third-order valence-electron chi connectivity index (χ3n) is 2.13. The molecule has 0 saturated carbocycles. The molecule has 1 atom stereocenters. The molecule has 2 N–H and O–H groups in total. The maximum atomic E-state index is 5.70. The fourth-order valence-electron chi connectivity index (χ4n) is 1.47. The third kappa shape index (κ3) is 2.44. The largest absolute Gasteiger partial charge is 0.461 e. The van der Waals surface area contributed by atoms with Crippen molar-refractivity contribution >= 4 is 0 Å². The molecule has 0 aliphatic rings. The van der Waals surface area contributed by atoms with Crippen LogP contribution in [0.25, 0.3) is 11.3 Å². The lowest BCUT2D eigenvalue weighted by molar-refractivity contribution is 0.503. The van der Waals surface area contributed by atoms with Crippen molar-refractivity contribution in [2.45, 2.75) is 19.4 Å². The van der Waals surface area contributed by atoms with Crippen LogP contribution >= 0.6 is 0 Å². The molecule has 15 heavy (non-hydrogen) atoms. The minimum absolute atomic E-state index is 0.123. The van der Waals surface area contributed by atoms with Crippen LogP contribution in [0.15, 0.2) is 41.1 Å². The van der Waals surface area contributed by atoms with Gasteiger partial charge < -0.3 is 10.2 Å². The highest BCUT2D eigenvalue weighted by Crippen LogP contribution is 2.21. The molecule has 2 aromatic rings. The zero-order valence-electron chi connectivity index (χ0n) is 8.68. The number of hydrogen-bond donors (Lipinski definition) is 1. The van der Waals surface area contributed by atoms with Crippen LogP contribution in [0.3, 0.4) is 0 Å².